The van der Waals surface area contributed by atoms with E-state index in [0.717, 1.165) is 5.56 Å². The first-order chi connectivity index (χ1) is 20.2. The fourth-order valence-electron chi connectivity index (χ4n) is 5.70. The highest BCUT2D eigenvalue weighted by atomic mass is 35.5. The van der Waals surface area contributed by atoms with Crippen molar-refractivity contribution in [2.24, 2.45) is 0 Å². The maximum absolute atomic E-state index is 15.2. The number of halogens is 4. The van der Waals surface area contributed by atoms with Gasteiger partial charge in [0.25, 0.3) is 5.91 Å². The lowest BCUT2D eigenvalue weighted by Crippen LogP contribution is -2.55. The topological polar surface area (TPSA) is 73.4 Å². The van der Waals surface area contributed by atoms with E-state index in [1.165, 1.54) is 30.3 Å². The van der Waals surface area contributed by atoms with Gasteiger partial charge in [-0.3, -0.25) is 4.79 Å². The highest BCUT2D eigenvalue weighted by molar-refractivity contribution is 6.31. The van der Waals surface area contributed by atoms with Crippen molar-refractivity contribution in [3.05, 3.63) is 94.4 Å². The first-order valence-corrected chi connectivity index (χ1v) is 14.0. The maximum atomic E-state index is 15.2. The molecule has 0 bridgehead atoms. The molecule has 0 spiro atoms. The number of piperazine rings is 1. The highest BCUT2D eigenvalue weighted by Crippen LogP contribution is 2.42. The molecule has 2 aliphatic rings. The minimum absolute atomic E-state index is 0.00373. The van der Waals surface area contributed by atoms with Gasteiger partial charge in [-0.2, -0.15) is 0 Å². The molecule has 0 radical (unpaired) electrons. The van der Waals surface area contributed by atoms with Crippen molar-refractivity contribution in [1.29, 1.82) is 0 Å². The molecule has 7 nitrogen and oxygen atoms in total. The smallest absolute Gasteiger partial charge is 0.256 e. The average molecular weight is 593 g/mol. The number of carbonyl (C=O) groups excluding carboxylic acids is 1. The van der Waals surface area contributed by atoms with Gasteiger partial charge in [-0.25, -0.2) is 23.1 Å². The molecular weight excluding hydrogens is 565 g/mol. The van der Waals surface area contributed by atoms with E-state index in [1.54, 1.807) is 40.3 Å². The minimum Gasteiger partial charge on any atom is -0.336 e. The first kappa shape index (κ1) is 28.0. The summed E-state index contributed by atoms with van der Waals surface area (Å²) >= 11 is 6.32. The van der Waals surface area contributed by atoms with Crippen LogP contribution in [-0.4, -0.2) is 52.5 Å². The Kier molecular flexibility index (Phi) is 7.51. The number of aromatic nitrogens is 2. The summed E-state index contributed by atoms with van der Waals surface area (Å²) in [5.74, 6) is -2.19. The van der Waals surface area contributed by atoms with E-state index in [4.69, 9.17) is 16.6 Å². The number of carbonyl (C=O) groups is 1. The average Bonchev–Trinajstić information content (AvgIpc) is 3.09. The molecule has 0 aliphatic carbocycles. The fraction of sp³-hybridized carbons (Fsp3) is 0.258. The van der Waals surface area contributed by atoms with E-state index in [-0.39, 0.29) is 41.7 Å². The molecule has 1 saturated heterocycles. The van der Waals surface area contributed by atoms with Gasteiger partial charge >= 0.3 is 0 Å². The van der Waals surface area contributed by atoms with Crippen LogP contribution >= 0.6 is 11.6 Å². The number of hydrogen-bond donors (Lipinski definition) is 2. The molecule has 2 atom stereocenters. The third-order valence-corrected chi connectivity index (χ3v) is 7.72. The van der Waals surface area contributed by atoms with Crippen molar-refractivity contribution >= 4 is 40.5 Å². The quantitative estimate of drug-likeness (QED) is 0.283. The van der Waals surface area contributed by atoms with Crippen molar-refractivity contribution in [3.63, 3.8) is 0 Å². The van der Waals surface area contributed by atoms with Crippen LogP contribution in [0.2, 0.25) is 5.02 Å². The lowest BCUT2D eigenvalue weighted by molar-refractivity contribution is 0.0669. The zero-order valence-corrected chi connectivity index (χ0v) is 23.7. The van der Waals surface area contributed by atoms with Gasteiger partial charge in [-0.1, -0.05) is 17.7 Å². The van der Waals surface area contributed by atoms with E-state index >= 15 is 4.39 Å². The molecule has 2 N–H and O–H groups in total. The molecule has 3 aromatic carbocycles. The Morgan fingerprint density at radius 3 is 2.45 bits per heavy atom. The maximum Gasteiger partial charge on any atom is 0.256 e. The summed E-state index contributed by atoms with van der Waals surface area (Å²) in [6.07, 6.45) is 2.05. The van der Waals surface area contributed by atoms with Crippen LogP contribution in [0.1, 0.15) is 29.8 Å². The number of para-hydroxylation sites is 1. The van der Waals surface area contributed by atoms with Crippen molar-refractivity contribution < 1.29 is 18.0 Å². The van der Waals surface area contributed by atoms with Crippen LogP contribution in [0.3, 0.4) is 0 Å². The number of fused-ring (bicyclic) bond motifs is 3. The monoisotopic (exact) mass is 592 g/mol. The molecule has 0 saturated carbocycles. The van der Waals surface area contributed by atoms with Crippen LogP contribution in [0, 0.1) is 17.5 Å². The lowest BCUT2D eigenvalue weighted by Gasteiger charge is -2.36. The predicted molar refractivity (Wildman–Crippen MR) is 157 cm³/mol. The molecule has 4 aromatic rings. The number of hydrogen-bond acceptors (Lipinski definition) is 6. The van der Waals surface area contributed by atoms with E-state index in [2.05, 4.69) is 15.6 Å². The molecule has 2 unspecified atom stereocenters. The van der Waals surface area contributed by atoms with E-state index < -0.39 is 17.5 Å². The summed E-state index contributed by atoms with van der Waals surface area (Å²) in [6.45, 7) is 5.24. The van der Waals surface area contributed by atoms with Crippen LogP contribution in [0.5, 0.6) is 0 Å². The molecule has 11 heteroatoms. The second-order valence-corrected chi connectivity index (χ2v) is 11.1. The van der Waals surface area contributed by atoms with Crippen molar-refractivity contribution in [2.75, 3.05) is 29.9 Å². The first-order valence-electron chi connectivity index (χ1n) is 13.7. The summed E-state index contributed by atoms with van der Waals surface area (Å²) in [6, 6.07) is 13.4. The van der Waals surface area contributed by atoms with Gasteiger partial charge in [0.15, 0.2) is 0 Å². The normalized spacial score (nSPS) is 18.2. The van der Waals surface area contributed by atoms with Gasteiger partial charge in [-0.15, -0.1) is 0 Å². The Labute approximate surface area is 246 Å². The second-order valence-electron chi connectivity index (χ2n) is 10.7. The van der Waals surface area contributed by atoms with E-state index in [0.29, 0.717) is 47.2 Å². The molecule has 42 heavy (non-hydrogen) atoms. The second kappa shape index (κ2) is 11.3. The van der Waals surface area contributed by atoms with Crippen LogP contribution in [0.4, 0.5) is 36.2 Å². The Morgan fingerprint density at radius 2 is 1.74 bits per heavy atom. The third kappa shape index (κ3) is 5.39. The Balaban J connectivity index is 1.30. The number of nitrogens with one attached hydrogen (secondary N) is 2. The van der Waals surface area contributed by atoms with Crippen LogP contribution in [0.15, 0.2) is 60.8 Å². The number of amides is 1. The molecule has 3 heterocycles. The van der Waals surface area contributed by atoms with Gasteiger partial charge < -0.3 is 20.4 Å². The van der Waals surface area contributed by atoms with E-state index in [9.17, 15) is 13.6 Å². The van der Waals surface area contributed by atoms with Crippen molar-refractivity contribution in [3.8, 4) is 11.3 Å². The van der Waals surface area contributed by atoms with Gasteiger partial charge in [0, 0.05) is 54.2 Å². The summed E-state index contributed by atoms with van der Waals surface area (Å²) in [5.41, 5.74) is 2.64. The minimum atomic E-state index is -0.690. The zero-order valence-electron chi connectivity index (χ0n) is 23.0. The summed E-state index contributed by atoms with van der Waals surface area (Å²) < 4.78 is 44.8. The van der Waals surface area contributed by atoms with Crippen molar-refractivity contribution in [1.82, 2.24) is 20.2 Å². The van der Waals surface area contributed by atoms with Gasteiger partial charge in [0.05, 0.1) is 16.9 Å². The van der Waals surface area contributed by atoms with Crippen LogP contribution in [0.25, 0.3) is 11.3 Å². The number of anilines is 4. The van der Waals surface area contributed by atoms with Gasteiger partial charge in [0.2, 0.25) is 5.95 Å². The van der Waals surface area contributed by atoms with E-state index in [1.807, 2.05) is 13.8 Å². The molecule has 1 aromatic heterocycles. The molecule has 6 rings (SSSR count). The summed E-state index contributed by atoms with van der Waals surface area (Å²) in [5, 5.41) is 6.79. The third-order valence-electron chi connectivity index (χ3n) is 7.48. The molecule has 1 fully saturated rings. The van der Waals surface area contributed by atoms with Crippen molar-refractivity contribution in [2.45, 2.75) is 32.4 Å². The van der Waals surface area contributed by atoms with Gasteiger partial charge in [-0.05, 0) is 74.4 Å². The standard InChI is InChI=1S/C31H28ClF3N6O/c1-17-15-40(16-18(2)37-17)30(42)22-9-7-21(13-26(22)35)38-31-36-14-19-10-11-41(29-24(33)4-3-5-25(29)34)27-12-20(32)6-8-23(27)28(19)39-31/h3-9,12-14,17-18,37H,10-11,15-16H2,1-2H3,(H,36,38,39). The lowest BCUT2D eigenvalue weighted by atomic mass is 10.0. The predicted octanol–water partition coefficient (Wildman–Crippen LogP) is 6.47. The van der Waals surface area contributed by atoms with Crippen LogP contribution < -0.4 is 15.5 Å². The number of rotatable bonds is 4. The zero-order chi connectivity index (χ0) is 29.5. The Hall–Kier alpha value is -4.15. The summed E-state index contributed by atoms with van der Waals surface area (Å²) in [4.78, 5) is 25.4. The molecule has 2 aliphatic heterocycles. The van der Waals surface area contributed by atoms with Crippen LogP contribution in [-0.2, 0) is 6.42 Å². The number of benzene rings is 3. The Bertz CT molecular complexity index is 1650. The highest BCUT2D eigenvalue weighted by Gasteiger charge is 2.28. The SMILES string of the molecule is CC1CN(C(=O)c2ccc(Nc3ncc4c(n3)-c3ccc(Cl)cc3N(c3c(F)cccc3F)CC4)cc2F)CC(C)N1. The molecule has 216 valence electrons. The van der Waals surface area contributed by atoms with Gasteiger partial charge in [0.1, 0.15) is 23.1 Å². The molecule has 1 amide bonds. The fourth-order valence-corrected chi connectivity index (χ4v) is 5.87. The number of nitrogens with zero attached hydrogens (tertiary/aromatic N) is 4. The largest absolute Gasteiger partial charge is 0.336 e. The Morgan fingerprint density at radius 1 is 1.00 bits per heavy atom. The summed E-state index contributed by atoms with van der Waals surface area (Å²) in [7, 11) is 0. The molecular formula is C31H28ClF3N6O.